The highest BCUT2D eigenvalue weighted by Gasteiger charge is 2.42. The SMILES string of the molecule is N#CC(Cc1ccc(-c2cccc(N)c2)cc1)NC(=O)C1NC2CCC1C2. The Morgan fingerprint density at radius 2 is 2.04 bits per heavy atom. The molecular formula is C22H24N4O. The summed E-state index contributed by atoms with van der Waals surface area (Å²) < 4.78 is 0. The number of amides is 1. The Hall–Kier alpha value is -2.84. The topological polar surface area (TPSA) is 90.9 Å². The molecule has 0 radical (unpaired) electrons. The normalized spacial score (nSPS) is 24.3. The molecule has 4 atom stereocenters. The summed E-state index contributed by atoms with van der Waals surface area (Å²) in [5, 5.41) is 15.8. The third kappa shape index (κ3) is 3.81. The third-order valence-electron chi connectivity index (χ3n) is 5.73. The average molecular weight is 360 g/mol. The first kappa shape index (κ1) is 17.6. The lowest BCUT2D eigenvalue weighted by atomic mass is 9.98. The number of fused-ring (bicyclic) bond motifs is 2. The lowest BCUT2D eigenvalue weighted by molar-refractivity contribution is -0.124. The smallest absolute Gasteiger partial charge is 0.238 e. The molecule has 0 aromatic heterocycles. The van der Waals surface area contributed by atoms with E-state index >= 15 is 0 Å². The minimum atomic E-state index is -0.517. The fraction of sp³-hybridized carbons (Fsp3) is 0.364. The van der Waals surface area contributed by atoms with Gasteiger partial charge in [-0.05, 0) is 54.0 Å². The Balaban J connectivity index is 1.38. The Morgan fingerprint density at radius 3 is 2.67 bits per heavy atom. The molecule has 138 valence electrons. The zero-order valence-corrected chi connectivity index (χ0v) is 15.2. The number of nitrogens with zero attached hydrogens (tertiary/aromatic N) is 1. The van der Waals surface area contributed by atoms with Gasteiger partial charge in [-0.25, -0.2) is 0 Å². The van der Waals surface area contributed by atoms with Crippen molar-refractivity contribution in [3.63, 3.8) is 0 Å². The van der Waals surface area contributed by atoms with E-state index in [2.05, 4.69) is 16.7 Å². The fourth-order valence-corrected chi connectivity index (χ4v) is 4.33. The standard InChI is InChI=1S/C22H24N4O/c23-13-20(26-22(27)21-17-8-9-19(12-17)25-21)10-14-4-6-15(7-5-14)16-2-1-3-18(24)11-16/h1-7,11,17,19-21,25H,8-10,12,24H2,(H,26,27). The molecule has 4 rings (SSSR count). The number of hydrogen-bond acceptors (Lipinski definition) is 4. The van der Waals surface area contributed by atoms with Crippen LogP contribution in [0.1, 0.15) is 24.8 Å². The summed E-state index contributed by atoms with van der Waals surface area (Å²) in [4.78, 5) is 12.5. The summed E-state index contributed by atoms with van der Waals surface area (Å²) in [6.45, 7) is 0. The highest BCUT2D eigenvalue weighted by atomic mass is 16.2. The van der Waals surface area contributed by atoms with Crippen molar-refractivity contribution in [2.24, 2.45) is 5.92 Å². The van der Waals surface area contributed by atoms with Crippen LogP contribution in [0.2, 0.25) is 0 Å². The number of nitrogens with two attached hydrogens (primary N) is 1. The number of hydrogen-bond donors (Lipinski definition) is 3. The van der Waals surface area contributed by atoms with Crippen LogP contribution >= 0.6 is 0 Å². The first-order valence-electron chi connectivity index (χ1n) is 9.53. The van der Waals surface area contributed by atoms with Crippen molar-refractivity contribution in [1.82, 2.24) is 10.6 Å². The van der Waals surface area contributed by atoms with Crippen LogP contribution in [-0.4, -0.2) is 24.0 Å². The predicted octanol–water partition coefficient (Wildman–Crippen LogP) is 2.63. The number of anilines is 1. The van der Waals surface area contributed by atoms with Crippen molar-refractivity contribution in [1.29, 1.82) is 5.26 Å². The number of carbonyl (C=O) groups excluding carboxylic acids is 1. The van der Waals surface area contributed by atoms with E-state index in [1.54, 1.807) is 0 Å². The van der Waals surface area contributed by atoms with E-state index in [4.69, 9.17) is 5.73 Å². The number of carbonyl (C=O) groups is 1. The van der Waals surface area contributed by atoms with Crippen molar-refractivity contribution >= 4 is 11.6 Å². The molecule has 1 saturated carbocycles. The lowest BCUT2D eigenvalue weighted by Crippen LogP contribution is -2.50. The predicted molar refractivity (Wildman–Crippen MR) is 106 cm³/mol. The molecule has 2 aliphatic rings. The van der Waals surface area contributed by atoms with E-state index in [1.807, 2.05) is 48.5 Å². The van der Waals surface area contributed by atoms with Crippen molar-refractivity contribution in [2.45, 2.75) is 43.8 Å². The molecule has 2 bridgehead atoms. The maximum Gasteiger partial charge on any atom is 0.238 e. The first-order valence-corrected chi connectivity index (χ1v) is 9.53. The first-order chi connectivity index (χ1) is 13.1. The summed E-state index contributed by atoms with van der Waals surface area (Å²) in [6.07, 6.45) is 3.86. The molecule has 1 saturated heterocycles. The molecule has 5 nitrogen and oxygen atoms in total. The van der Waals surface area contributed by atoms with Crippen molar-refractivity contribution in [2.75, 3.05) is 5.73 Å². The van der Waals surface area contributed by atoms with Crippen LogP contribution in [-0.2, 0) is 11.2 Å². The number of rotatable bonds is 5. The summed E-state index contributed by atoms with van der Waals surface area (Å²) >= 11 is 0. The minimum Gasteiger partial charge on any atom is -0.399 e. The summed E-state index contributed by atoms with van der Waals surface area (Å²) in [5.74, 6) is 0.386. The van der Waals surface area contributed by atoms with E-state index in [0.717, 1.165) is 41.6 Å². The number of piperidine rings is 1. The van der Waals surface area contributed by atoms with E-state index in [1.165, 1.54) is 0 Å². The molecular weight excluding hydrogens is 336 g/mol. The second-order valence-corrected chi connectivity index (χ2v) is 7.63. The van der Waals surface area contributed by atoms with Gasteiger partial charge in [0, 0.05) is 18.2 Å². The molecule has 1 aliphatic carbocycles. The van der Waals surface area contributed by atoms with Gasteiger partial charge in [0.25, 0.3) is 0 Å². The highest BCUT2D eigenvalue weighted by molar-refractivity contribution is 5.83. The zero-order chi connectivity index (χ0) is 18.8. The maximum atomic E-state index is 12.5. The second kappa shape index (κ2) is 7.42. The van der Waals surface area contributed by atoms with Crippen molar-refractivity contribution < 1.29 is 4.79 Å². The number of nitrogen functional groups attached to an aromatic ring is 1. The highest BCUT2D eigenvalue weighted by Crippen LogP contribution is 2.35. The Labute approximate surface area is 159 Å². The van der Waals surface area contributed by atoms with Gasteiger partial charge in [0.1, 0.15) is 6.04 Å². The Bertz CT molecular complexity index is 871. The zero-order valence-electron chi connectivity index (χ0n) is 15.2. The van der Waals surface area contributed by atoms with Crippen molar-refractivity contribution in [3.8, 4) is 17.2 Å². The Kier molecular flexibility index (Phi) is 4.83. The van der Waals surface area contributed by atoms with Gasteiger partial charge in [0.15, 0.2) is 0 Å². The maximum absolute atomic E-state index is 12.5. The summed E-state index contributed by atoms with van der Waals surface area (Å²) in [6, 6.07) is 17.9. The van der Waals surface area contributed by atoms with Gasteiger partial charge >= 0.3 is 0 Å². The largest absolute Gasteiger partial charge is 0.399 e. The van der Waals surface area contributed by atoms with E-state index in [-0.39, 0.29) is 11.9 Å². The molecule has 0 spiro atoms. The molecule has 5 heteroatoms. The molecule has 1 aliphatic heterocycles. The molecule has 4 N–H and O–H groups in total. The minimum absolute atomic E-state index is 0.0369. The molecule has 4 unspecified atom stereocenters. The number of benzene rings is 2. The van der Waals surface area contributed by atoms with Gasteiger partial charge in [-0.3, -0.25) is 4.79 Å². The van der Waals surface area contributed by atoms with Crippen LogP contribution in [0.5, 0.6) is 0 Å². The molecule has 27 heavy (non-hydrogen) atoms. The van der Waals surface area contributed by atoms with Crippen LogP contribution in [0, 0.1) is 17.2 Å². The molecule has 2 aromatic carbocycles. The van der Waals surface area contributed by atoms with Crippen LogP contribution in [0.15, 0.2) is 48.5 Å². The van der Waals surface area contributed by atoms with Gasteiger partial charge in [-0.1, -0.05) is 36.4 Å². The van der Waals surface area contributed by atoms with Crippen LogP contribution < -0.4 is 16.4 Å². The van der Waals surface area contributed by atoms with E-state index < -0.39 is 6.04 Å². The monoisotopic (exact) mass is 360 g/mol. The summed E-state index contributed by atoms with van der Waals surface area (Å²) in [5.41, 5.74) is 9.75. The van der Waals surface area contributed by atoms with Crippen LogP contribution in [0.4, 0.5) is 5.69 Å². The van der Waals surface area contributed by atoms with Gasteiger partial charge in [0.2, 0.25) is 5.91 Å². The van der Waals surface area contributed by atoms with Crippen LogP contribution in [0.25, 0.3) is 11.1 Å². The third-order valence-corrected chi connectivity index (χ3v) is 5.73. The Morgan fingerprint density at radius 1 is 1.22 bits per heavy atom. The quantitative estimate of drug-likeness (QED) is 0.715. The van der Waals surface area contributed by atoms with Crippen LogP contribution in [0.3, 0.4) is 0 Å². The van der Waals surface area contributed by atoms with Gasteiger partial charge in [-0.2, -0.15) is 5.26 Å². The van der Waals surface area contributed by atoms with E-state index in [9.17, 15) is 10.1 Å². The molecule has 1 amide bonds. The lowest BCUT2D eigenvalue weighted by Gasteiger charge is -2.23. The van der Waals surface area contributed by atoms with Crippen molar-refractivity contribution in [3.05, 3.63) is 54.1 Å². The second-order valence-electron chi connectivity index (χ2n) is 7.63. The molecule has 2 aromatic rings. The average Bonchev–Trinajstić information content (AvgIpc) is 3.31. The summed E-state index contributed by atoms with van der Waals surface area (Å²) in [7, 11) is 0. The van der Waals surface area contributed by atoms with E-state index in [0.29, 0.717) is 18.4 Å². The fourth-order valence-electron chi connectivity index (χ4n) is 4.33. The number of nitrogens with one attached hydrogen (secondary N) is 2. The number of nitriles is 1. The van der Waals surface area contributed by atoms with Gasteiger partial charge < -0.3 is 16.4 Å². The molecule has 2 fully saturated rings. The van der Waals surface area contributed by atoms with Gasteiger partial charge in [0.05, 0.1) is 12.1 Å². The van der Waals surface area contributed by atoms with Gasteiger partial charge in [-0.15, -0.1) is 0 Å². The molecule has 1 heterocycles.